The second-order valence-corrected chi connectivity index (χ2v) is 3.40. The number of nitrogens with zero attached hydrogens (tertiary/aromatic N) is 2. The Kier molecular flexibility index (Phi) is 6.04. The molecule has 0 atom stereocenters. The lowest BCUT2D eigenvalue weighted by Gasteiger charge is -2.02. The highest BCUT2D eigenvalue weighted by atomic mass is 16.5. The van der Waals surface area contributed by atoms with Gasteiger partial charge >= 0.3 is 0 Å². The summed E-state index contributed by atoms with van der Waals surface area (Å²) in [6, 6.07) is 2.06. The van der Waals surface area contributed by atoms with Crippen molar-refractivity contribution in [3.8, 4) is 0 Å². The largest absolute Gasteiger partial charge is 0.382 e. The zero-order valence-corrected chi connectivity index (χ0v) is 9.70. The molecule has 0 spiro atoms. The fourth-order valence-electron chi connectivity index (χ4n) is 1.35. The molecule has 1 heterocycles. The summed E-state index contributed by atoms with van der Waals surface area (Å²) in [5, 5.41) is 7.70. The highest BCUT2D eigenvalue weighted by molar-refractivity contribution is 4.98. The molecule has 4 heteroatoms. The Morgan fingerprint density at radius 3 is 3.07 bits per heavy atom. The van der Waals surface area contributed by atoms with Crippen molar-refractivity contribution in [3.05, 3.63) is 18.0 Å². The van der Waals surface area contributed by atoms with Crippen LogP contribution in [0.15, 0.2) is 12.3 Å². The Balaban J connectivity index is 2.20. The lowest BCUT2D eigenvalue weighted by atomic mass is 10.4. The van der Waals surface area contributed by atoms with E-state index in [4.69, 9.17) is 4.74 Å². The monoisotopic (exact) mass is 211 g/mol. The molecule has 0 radical (unpaired) electrons. The van der Waals surface area contributed by atoms with Crippen LogP contribution in [-0.2, 0) is 17.8 Å². The molecule has 0 fully saturated rings. The first-order chi connectivity index (χ1) is 7.36. The fourth-order valence-corrected chi connectivity index (χ4v) is 1.35. The average molecular weight is 211 g/mol. The molecule has 0 unspecified atom stereocenters. The molecule has 0 amide bonds. The van der Waals surface area contributed by atoms with E-state index in [0.717, 1.165) is 45.0 Å². The number of hydrogen-bond donors (Lipinski definition) is 1. The van der Waals surface area contributed by atoms with Crippen LogP contribution in [0.3, 0.4) is 0 Å². The van der Waals surface area contributed by atoms with Crippen LogP contribution in [0.2, 0.25) is 0 Å². The summed E-state index contributed by atoms with van der Waals surface area (Å²) in [7, 11) is 0. The summed E-state index contributed by atoms with van der Waals surface area (Å²) >= 11 is 0. The van der Waals surface area contributed by atoms with Crippen molar-refractivity contribution in [2.45, 2.75) is 33.4 Å². The Bertz CT molecular complexity index is 260. The second kappa shape index (κ2) is 7.43. The Labute approximate surface area is 91.6 Å². The summed E-state index contributed by atoms with van der Waals surface area (Å²) in [5.74, 6) is 0. The Morgan fingerprint density at radius 2 is 2.33 bits per heavy atom. The third kappa shape index (κ3) is 4.95. The molecule has 0 bridgehead atoms. The minimum Gasteiger partial charge on any atom is -0.382 e. The Morgan fingerprint density at radius 1 is 1.47 bits per heavy atom. The van der Waals surface area contributed by atoms with Crippen molar-refractivity contribution in [1.82, 2.24) is 15.1 Å². The predicted molar refractivity (Wildman–Crippen MR) is 60.7 cm³/mol. The normalized spacial score (nSPS) is 10.8. The van der Waals surface area contributed by atoms with Gasteiger partial charge in [0.1, 0.15) is 0 Å². The van der Waals surface area contributed by atoms with Gasteiger partial charge in [-0.15, -0.1) is 0 Å². The first-order valence-electron chi connectivity index (χ1n) is 5.67. The molecule has 1 aromatic rings. The third-order valence-corrected chi connectivity index (χ3v) is 2.13. The van der Waals surface area contributed by atoms with Gasteiger partial charge in [-0.05, 0) is 26.0 Å². The lowest BCUT2D eigenvalue weighted by Crippen LogP contribution is -2.12. The maximum Gasteiger partial charge on any atom is 0.0762 e. The number of rotatable bonds is 8. The molecule has 0 aliphatic heterocycles. The Hall–Kier alpha value is -0.870. The minimum absolute atomic E-state index is 0.796. The van der Waals surface area contributed by atoms with E-state index in [-0.39, 0.29) is 0 Å². The molecule has 0 saturated heterocycles. The third-order valence-electron chi connectivity index (χ3n) is 2.13. The van der Waals surface area contributed by atoms with Gasteiger partial charge in [-0.3, -0.25) is 4.68 Å². The van der Waals surface area contributed by atoms with Gasteiger partial charge in [-0.25, -0.2) is 0 Å². The molecule has 4 nitrogen and oxygen atoms in total. The van der Waals surface area contributed by atoms with Crippen LogP contribution < -0.4 is 5.32 Å². The standard InChI is InChI=1S/C11H21N3O/c1-3-12-10-11-6-8-14(13-11)7-5-9-15-4-2/h6,8,12H,3-5,7,9-10H2,1-2H3. The summed E-state index contributed by atoms with van der Waals surface area (Å²) in [5.41, 5.74) is 1.10. The topological polar surface area (TPSA) is 39.1 Å². The summed E-state index contributed by atoms with van der Waals surface area (Å²) in [6.45, 7) is 8.50. The molecule has 1 N–H and O–H groups in total. The SMILES string of the molecule is CCNCc1ccn(CCCOCC)n1. The van der Waals surface area contributed by atoms with E-state index >= 15 is 0 Å². The number of hydrogen-bond acceptors (Lipinski definition) is 3. The van der Waals surface area contributed by atoms with Crippen molar-refractivity contribution in [1.29, 1.82) is 0 Å². The average Bonchev–Trinajstić information content (AvgIpc) is 2.69. The van der Waals surface area contributed by atoms with Gasteiger partial charge in [0.25, 0.3) is 0 Å². The van der Waals surface area contributed by atoms with Crippen LogP contribution in [0.1, 0.15) is 26.0 Å². The molecule has 0 saturated carbocycles. The van der Waals surface area contributed by atoms with Gasteiger partial charge in [-0.1, -0.05) is 6.92 Å². The van der Waals surface area contributed by atoms with Gasteiger partial charge in [-0.2, -0.15) is 5.10 Å². The van der Waals surface area contributed by atoms with E-state index in [0.29, 0.717) is 0 Å². The zero-order valence-electron chi connectivity index (χ0n) is 9.70. The van der Waals surface area contributed by atoms with Crippen LogP contribution in [0.5, 0.6) is 0 Å². The van der Waals surface area contributed by atoms with E-state index in [1.54, 1.807) is 0 Å². The fraction of sp³-hybridized carbons (Fsp3) is 0.727. The van der Waals surface area contributed by atoms with E-state index in [2.05, 4.69) is 23.4 Å². The van der Waals surface area contributed by atoms with Gasteiger partial charge in [0, 0.05) is 32.5 Å². The number of aryl methyl sites for hydroxylation is 1. The van der Waals surface area contributed by atoms with Crippen LogP contribution in [-0.4, -0.2) is 29.5 Å². The zero-order chi connectivity index (χ0) is 10.9. The van der Waals surface area contributed by atoms with Crippen LogP contribution >= 0.6 is 0 Å². The number of aromatic nitrogens is 2. The van der Waals surface area contributed by atoms with Crippen molar-refractivity contribution >= 4 is 0 Å². The lowest BCUT2D eigenvalue weighted by molar-refractivity contribution is 0.140. The van der Waals surface area contributed by atoms with Crippen molar-refractivity contribution in [2.24, 2.45) is 0 Å². The van der Waals surface area contributed by atoms with E-state index in [1.165, 1.54) is 0 Å². The van der Waals surface area contributed by atoms with Crippen LogP contribution in [0, 0.1) is 0 Å². The quantitative estimate of drug-likeness (QED) is 0.661. The summed E-state index contributed by atoms with van der Waals surface area (Å²) in [6.07, 6.45) is 3.05. The van der Waals surface area contributed by atoms with Crippen LogP contribution in [0.25, 0.3) is 0 Å². The predicted octanol–water partition coefficient (Wildman–Crippen LogP) is 1.42. The van der Waals surface area contributed by atoms with E-state index < -0.39 is 0 Å². The maximum absolute atomic E-state index is 5.27. The van der Waals surface area contributed by atoms with Crippen molar-refractivity contribution < 1.29 is 4.74 Å². The second-order valence-electron chi connectivity index (χ2n) is 3.40. The smallest absolute Gasteiger partial charge is 0.0762 e. The highest BCUT2D eigenvalue weighted by Crippen LogP contribution is 1.97. The minimum atomic E-state index is 0.796. The van der Waals surface area contributed by atoms with E-state index in [1.807, 2.05) is 17.8 Å². The molecule has 1 rings (SSSR count). The molecular formula is C11H21N3O. The first kappa shape index (κ1) is 12.2. The highest BCUT2D eigenvalue weighted by Gasteiger charge is 1.97. The molecule has 1 aromatic heterocycles. The van der Waals surface area contributed by atoms with Crippen molar-refractivity contribution in [3.63, 3.8) is 0 Å². The molecule has 15 heavy (non-hydrogen) atoms. The van der Waals surface area contributed by atoms with Gasteiger partial charge in [0.05, 0.1) is 5.69 Å². The van der Waals surface area contributed by atoms with E-state index in [9.17, 15) is 0 Å². The summed E-state index contributed by atoms with van der Waals surface area (Å²) < 4.78 is 7.25. The first-order valence-corrected chi connectivity index (χ1v) is 5.67. The molecular weight excluding hydrogens is 190 g/mol. The molecule has 86 valence electrons. The van der Waals surface area contributed by atoms with Crippen molar-refractivity contribution in [2.75, 3.05) is 19.8 Å². The van der Waals surface area contributed by atoms with Gasteiger partial charge in [0.15, 0.2) is 0 Å². The van der Waals surface area contributed by atoms with Crippen LogP contribution in [0.4, 0.5) is 0 Å². The maximum atomic E-state index is 5.27. The summed E-state index contributed by atoms with van der Waals surface area (Å²) in [4.78, 5) is 0. The number of ether oxygens (including phenoxy) is 1. The van der Waals surface area contributed by atoms with Gasteiger partial charge in [0.2, 0.25) is 0 Å². The van der Waals surface area contributed by atoms with Gasteiger partial charge < -0.3 is 10.1 Å². The number of nitrogens with one attached hydrogen (secondary N) is 1. The molecule has 0 aliphatic rings. The molecule has 0 aliphatic carbocycles. The molecule has 0 aromatic carbocycles.